The van der Waals surface area contributed by atoms with Gasteiger partial charge >= 0.3 is 0 Å². The molecule has 1 heterocycles. The summed E-state index contributed by atoms with van der Waals surface area (Å²) in [7, 11) is 0. The third kappa shape index (κ3) is 6.02. The molecule has 198 valence electrons. The summed E-state index contributed by atoms with van der Waals surface area (Å²) < 4.78 is 6.28. The van der Waals surface area contributed by atoms with Gasteiger partial charge in [-0.05, 0) is 54.3 Å². The average Bonchev–Trinajstić information content (AvgIpc) is 3.26. The van der Waals surface area contributed by atoms with Crippen molar-refractivity contribution in [2.24, 2.45) is 11.0 Å². The molecule has 0 radical (unpaired) electrons. The van der Waals surface area contributed by atoms with Crippen LogP contribution in [-0.2, 0) is 16.1 Å². The summed E-state index contributed by atoms with van der Waals surface area (Å²) in [6.45, 7) is 2.54. The van der Waals surface area contributed by atoms with Gasteiger partial charge in [-0.2, -0.15) is 5.10 Å². The predicted octanol–water partition coefficient (Wildman–Crippen LogP) is 7.84. The number of carbonyl (C=O) groups excluding carboxylic acids is 1. The fourth-order valence-electron chi connectivity index (χ4n) is 5.32. The van der Waals surface area contributed by atoms with Crippen LogP contribution in [0.4, 0.5) is 5.69 Å². The number of anilines is 1. The second kappa shape index (κ2) is 12.1. The molecule has 0 spiro atoms. The summed E-state index contributed by atoms with van der Waals surface area (Å²) in [6.07, 6.45) is 3.89. The van der Waals surface area contributed by atoms with E-state index in [0.717, 1.165) is 36.8 Å². The number of ether oxygens (including phenoxy) is 1. The summed E-state index contributed by atoms with van der Waals surface area (Å²) in [5, 5.41) is 11.6. The second-order valence-corrected chi connectivity index (χ2v) is 11.2. The lowest BCUT2D eigenvalue weighted by molar-refractivity contribution is -0.117. The van der Waals surface area contributed by atoms with Gasteiger partial charge in [-0.25, -0.2) is 0 Å². The van der Waals surface area contributed by atoms with Gasteiger partial charge in [0.05, 0.1) is 35.5 Å². The lowest BCUT2D eigenvalue weighted by atomic mass is 9.89. The third-order valence-corrected chi connectivity index (χ3v) is 8.10. The maximum absolute atomic E-state index is 13.7. The number of nitrogens with zero attached hydrogens (tertiary/aromatic N) is 2. The first-order valence-corrected chi connectivity index (χ1v) is 14.1. The van der Waals surface area contributed by atoms with E-state index in [0.29, 0.717) is 33.1 Å². The van der Waals surface area contributed by atoms with Crippen LogP contribution in [0.5, 0.6) is 0 Å². The molecule has 2 aliphatic rings. The van der Waals surface area contributed by atoms with Gasteiger partial charge in [0.1, 0.15) is 5.71 Å². The summed E-state index contributed by atoms with van der Waals surface area (Å²) in [5.74, 6) is -0.376. The summed E-state index contributed by atoms with van der Waals surface area (Å²) in [5.41, 5.74) is 3.26. The molecule has 1 fully saturated rings. The topological polar surface area (TPSA) is 53.9 Å². The molecule has 5 rings (SSSR count). The van der Waals surface area contributed by atoms with E-state index in [2.05, 4.69) is 17.4 Å². The highest BCUT2D eigenvalue weighted by molar-refractivity contribution is 6.41. The van der Waals surface area contributed by atoms with Gasteiger partial charge in [0, 0.05) is 16.0 Å². The van der Waals surface area contributed by atoms with Crippen LogP contribution >= 0.6 is 34.8 Å². The minimum Gasteiger partial charge on any atom is -0.371 e. The van der Waals surface area contributed by atoms with Gasteiger partial charge in [0.25, 0.3) is 5.91 Å². The molecule has 4 atom stereocenters. The van der Waals surface area contributed by atoms with Gasteiger partial charge < -0.3 is 10.1 Å². The Bertz CT molecular complexity index is 1300. The van der Waals surface area contributed by atoms with Gasteiger partial charge in [0.2, 0.25) is 0 Å². The molecular weight excluding hydrogens is 541 g/mol. The average molecular weight is 571 g/mol. The Morgan fingerprint density at radius 1 is 0.974 bits per heavy atom. The highest BCUT2D eigenvalue weighted by Gasteiger charge is 2.41. The van der Waals surface area contributed by atoms with Crippen molar-refractivity contribution in [3.05, 3.63) is 99.0 Å². The molecule has 1 aliphatic heterocycles. The SMILES string of the molecule is CC1C(C(=O)NC2CCCC[C@H]2OCc2ccccc2)=NN(c2ccc(Cl)cc2Cl)C1c1ccc(Cl)cc1. The molecule has 0 saturated heterocycles. The molecule has 1 N–H and O–H groups in total. The zero-order valence-corrected chi connectivity index (χ0v) is 23.4. The van der Waals surface area contributed by atoms with Crippen LogP contribution in [0.2, 0.25) is 15.1 Å². The van der Waals surface area contributed by atoms with Crippen molar-refractivity contribution in [3.8, 4) is 0 Å². The van der Waals surface area contributed by atoms with Crippen LogP contribution in [0.15, 0.2) is 77.9 Å². The standard InChI is InChI=1S/C30H30Cl3N3O2/c1-19-28(30(37)34-25-9-5-6-10-27(25)38-18-20-7-3-2-4-8-20)35-36(26-16-15-23(32)17-24(26)33)29(19)21-11-13-22(31)14-12-21/h2-4,7-8,11-17,19,25,27,29H,5-6,9-10,18H2,1H3,(H,34,37)/t19?,25?,27-,29?/m1/s1. The minimum absolute atomic E-state index is 0.0425. The molecule has 1 aliphatic carbocycles. The van der Waals surface area contributed by atoms with Crippen molar-refractivity contribution in [2.45, 2.75) is 57.4 Å². The summed E-state index contributed by atoms with van der Waals surface area (Å²) >= 11 is 18.9. The Labute approximate surface area is 238 Å². The van der Waals surface area contributed by atoms with Crippen molar-refractivity contribution in [1.29, 1.82) is 0 Å². The first kappa shape index (κ1) is 27.0. The van der Waals surface area contributed by atoms with Crippen molar-refractivity contribution in [1.82, 2.24) is 5.32 Å². The Morgan fingerprint density at radius 2 is 1.68 bits per heavy atom. The van der Waals surface area contributed by atoms with Crippen LogP contribution in [0.1, 0.15) is 49.8 Å². The number of benzene rings is 3. The minimum atomic E-state index is -0.233. The number of amides is 1. The lowest BCUT2D eigenvalue weighted by Crippen LogP contribution is -2.49. The molecule has 1 saturated carbocycles. The number of hydrogen-bond donors (Lipinski definition) is 1. The number of carbonyl (C=O) groups is 1. The fraction of sp³-hybridized carbons (Fsp3) is 0.333. The van der Waals surface area contributed by atoms with Crippen LogP contribution < -0.4 is 10.3 Å². The molecule has 3 unspecified atom stereocenters. The molecule has 5 nitrogen and oxygen atoms in total. The van der Waals surface area contributed by atoms with Crippen LogP contribution in [0.3, 0.4) is 0 Å². The van der Waals surface area contributed by atoms with Crippen molar-refractivity contribution < 1.29 is 9.53 Å². The smallest absolute Gasteiger partial charge is 0.268 e. The molecular formula is C30H30Cl3N3O2. The maximum atomic E-state index is 13.7. The second-order valence-electron chi connectivity index (χ2n) is 9.91. The van der Waals surface area contributed by atoms with Gasteiger partial charge in [-0.1, -0.05) is 97.0 Å². The Kier molecular flexibility index (Phi) is 8.59. The zero-order valence-electron chi connectivity index (χ0n) is 21.1. The van der Waals surface area contributed by atoms with E-state index in [-0.39, 0.29) is 30.0 Å². The number of rotatable bonds is 7. The molecule has 8 heteroatoms. The van der Waals surface area contributed by atoms with E-state index in [1.807, 2.05) is 60.5 Å². The van der Waals surface area contributed by atoms with Crippen LogP contribution in [0.25, 0.3) is 0 Å². The Balaban J connectivity index is 1.38. The van der Waals surface area contributed by atoms with E-state index in [1.165, 1.54) is 0 Å². The van der Waals surface area contributed by atoms with Crippen molar-refractivity contribution in [3.63, 3.8) is 0 Å². The quantitative estimate of drug-likeness (QED) is 0.315. The van der Waals surface area contributed by atoms with Crippen molar-refractivity contribution >= 4 is 52.1 Å². The van der Waals surface area contributed by atoms with E-state index in [4.69, 9.17) is 44.6 Å². The summed E-state index contributed by atoms with van der Waals surface area (Å²) in [4.78, 5) is 13.7. The normalized spacial score (nSPS) is 23.3. The summed E-state index contributed by atoms with van der Waals surface area (Å²) in [6, 6.07) is 22.7. The van der Waals surface area contributed by atoms with E-state index in [1.54, 1.807) is 12.1 Å². The number of halogens is 3. The predicted molar refractivity (Wildman–Crippen MR) is 155 cm³/mol. The van der Waals surface area contributed by atoms with Gasteiger partial charge in [-0.15, -0.1) is 0 Å². The zero-order chi connectivity index (χ0) is 26.6. The van der Waals surface area contributed by atoms with Gasteiger partial charge in [0.15, 0.2) is 0 Å². The molecule has 0 bridgehead atoms. The molecule has 0 aromatic heterocycles. The van der Waals surface area contributed by atoms with Gasteiger partial charge in [-0.3, -0.25) is 9.80 Å². The Morgan fingerprint density at radius 3 is 2.42 bits per heavy atom. The largest absolute Gasteiger partial charge is 0.371 e. The van der Waals surface area contributed by atoms with E-state index in [9.17, 15) is 4.79 Å². The van der Waals surface area contributed by atoms with Crippen molar-refractivity contribution in [2.75, 3.05) is 5.01 Å². The number of hydrazone groups is 1. The Hall–Kier alpha value is -2.57. The van der Waals surface area contributed by atoms with Crippen LogP contribution in [0, 0.1) is 5.92 Å². The molecule has 3 aromatic carbocycles. The monoisotopic (exact) mass is 569 g/mol. The first-order chi connectivity index (χ1) is 18.4. The highest BCUT2D eigenvalue weighted by atomic mass is 35.5. The molecule has 38 heavy (non-hydrogen) atoms. The number of nitrogens with one attached hydrogen (secondary N) is 1. The third-order valence-electron chi connectivity index (χ3n) is 7.31. The molecule has 1 amide bonds. The molecule has 3 aromatic rings. The lowest BCUT2D eigenvalue weighted by Gasteiger charge is -2.32. The maximum Gasteiger partial charge on any atom is 0.268 e. The first-order valence-electron chi connectivity index (χ1n) is 13.0. The fourth-order valence-corrected chi connectivity index (χ4v) is 5.95. The highest BCUT2D eigenvalue weighted by Crippen LogP contribution is 2.42. The van der Waals surface area contributed by atoms with E-state index >= 15 is 0 Å². The number of hydrogen-bond acceptors (Lipinski definition) is 4. The van der Waals surface area contributed by atoms with Crippen LogP contribution in [-0.4, -0.2) is 23.8 Å². The van der Waals surface area contributed by atoms with E-state index < -0.39 is 0 Å².